The molecule has 0 fully saturated rings. The molecule has 0 aromatic heterocycles. The van der Waals surface area contributed by atoms with Gasteiger partial charge in [-0.15, -0.1) is 24.0 Å². The van der Waals surface area contributed by atoms with Gasteiger partial charge in [-0.1, -0.05) is 0 Å². The summed E-state index contributed by atoms with van der Waals surface area (Å²) in [6, 6.07) is 3.32. The molecule has 0 atom stereocenters. The number of sulfone groups is 1. The minimum absolute atomic E-state index is 0. The average Bonchev–Trinajstić information content (AvgIpc) is 2.47. The summed E-state index contributed by atoms with van der Waals surface area (Å²) >= 11 is 0. The Balaban J connectivity index is 0.00000576. The number of halogens is 3. The Kier molecular flexibility index (Phi) is 9.85. The second kappa shape index (κ2) is 10.2. The minimum atomic E-state index is -3.21. The molecule has 0 amide bonds. The van der Waals surface area contributed by atoms with Crippen LogP contribution in [0.2, 0.25) is 0 Å². The lowest BCUT2D eigenvalue weighted by Crippen LogP contribution is -2.42. The Morgan fingerprint density at radius 2 is 1.76 bits per heavy atom. The smallest absolute Gasteiger partial charge is 0.191 e. The van der Waals surface area contributed by atoms with Gasteiger partial charge in [-0.05, 0) is 51.0 Å². The van der Waals surface area contributed by atoms with E-state index in [0.717, 1.165) is 18.2 Å². The summed E-state index contributed by atoms with van der Waals surface area (Å²) in [6.45, 7) is 5.52. The fraction of sp³-hybridized carbons (Fsp3) is 0.562. The van der Waals surface area contributed by atoms with Crippen LogP contribution >= 0.6 is 24.0 Å². The first-order valence-electron chi connectivity index (χ1n) is 7.67. The molecular formula is C16H26F2IN3O2S. The lowest BCUT2D eigenvalue weighted by molar-refractivity contribution is 0.559. The number of rotatable bonds is 6. The number of guanidine groups is 1. The molecule has 0 radical (unpaired) electrons. The molecule has 0 saturated carbocycles. The zero-order valence-electron chi connectivity index (χ0n) is 14.9. The first-order chi connectivity index (χ1) is 11.1. The van der Waals surface area contributed by atoms with E-state index in [-0.39, 0.29) is 48.3 Å². The van der Waals surface area contributed by atoms with Crippen molar-refractivity contribution in [3.63, 3.8) is 0 Å². The highest BCUT2D eigenvalue weighted by Gasteiger charge is 2.28. The molecule has 1 aromatic carbocycles. The second-order valence-corrected chi connectivity index (χ2v) is 9.21. The number of benzene rings is 1. The van der Waals surface area contributed by atoms with Crippen LogP contribution in [0.5, 0.6) is 0 Å². The lowest BCUT2D eigenvalue weighted by atomic mass is 10.1. The van der Waals surface area contributed by atoms with Gasteiger partial charge in [-0.2, -0.15) is 0 Å². The molecule has 0 aliphatic rings. The molecule has 9 heteroatoms. The van der Waals surface area contributed by atoms with Gasteiger partial charge in [0.1, 0.15) is 11.6 Å². The highest BCUT2D eigenvalue weighted by molar-refractivity contribution is 14.0. The second-order valence-electron chi connectivity index (χ2n) is 6.34. The SMILES string of the molecule is CN=C(NCCc1cc(F)ccc1F)NCCS(=O)(=O)C(C)(C)C.I. The zero-order chi connectivity index (χ0) is 18.4. The van der Waals surface area contributed by atoms with Crippen LogP contribution in [0.25, 0.3) is 0 Å². The van der Waals surface area contributed by atoms with Crippen molar-refractivity contribution in [1.29, 1.82) is 0 Å². The van der Waals surface area contributed by atoms with Gasteiger partial charge in [0.05, 0.1) is 10.5 Å². The fourth-order valence-electron chi connectivity index (χ4n) is 1.88. The molecule has 0 unspecified atom stereocenters. The maximum absolute atomic E-state index is 13.5. The molecule has 1 aromatic rings. The molecular weight excluding hydrogens is 463 g/mol. The maximum Gasteiger partial charge on any atom is 0.191 e. The van der Waals surface area contributed by atoms with Gasteiger partial charge in [0.15, 0.2) is 15.8 Å². The summed E-state index contributed by atoms with van der Waals surface area (Å²) in [7, 11) is -1.66. The lowest BCUT2D eigenvalue weighted by Gasteiger charge is -2.19. The standard InChI is InChI=1S/C16H25F2N3O2S.HI/c1-16(2,3)24(22,23)10-9-21-15(19-4)20-8-7-12-11-13(17)5-6-14(12)18;/h5-6,11H,7-10H2,1-4H3,(H2,19,20,21);1H. The monoisotopic (exact) mass is 489 g/mol. The third-order valence-electron chi connectivity index (χ3n) is 3.51. The molecule has 0 bridgehead atoms. The Labute approximate surface area is 165 Å². The van der Waals surface area contributed by atoms with Gasteiger partial charge < -0.3 is 10.6 Å². The first-order valence-corrected chi connectivity index (χ1v) is 9.33. The van der Waals surface area contributed by atoms with Crippen molar-refractivity contribution in [1.82, 2.24) is 10.6 Å². The summed E-state index contributed by atoms with van der Waals surface area (Å²) in [5.41, 5.74) is 0.272. The van der Waals surface area contributed by atoms with Crippen LogP contribution in [0.1, 0.15) is 26.3 Å². The van der Waals surface area contributed by atoms with Crippen LogP contribution in [-0.2, 0) is 16.3 Å². The number of hydrogen-bond donors (Lipinski definition) is 2. The quantitative estimate of drug-likeness (QED) is 0.366. The van der Waals surface area contributed by atoms with E-state index in [1.165, 1.54) is 0 Å². The van der Waals surface area contributed by atoms with Crippen LogP contribution in [-0.4, -0.2) is 45.0 Å². The van der Waals surface area contributed by atoms with E-state index in [2.05, 4.69) is 15.6 Å². The summed E-state index contributed by atoms with van der Waals surface area (Å²) < 4.78 is 49.8. The van der Waals surface area contributed by atoms with Crippen LogP contribution in [0.3, 0.4) is 0 Å². The third-order valence-corrected chi connectivity index (χ3v) is 6.12. The van der Waals surface area contributed by atoms with Crippen LogP contribution in [0, 0.1) is 11.6 Å². The first kappa shape index (κ1) is 24.0. The van der Waals surface area contributed by atoms with Gasteiger partial charge in [0, 0.05) is 20.1 Å². The van der Waals surface area contributed by atoms with Gasteiger partial charge >= 0.3 is 0 Å². The molecule has 0 heterocycles. The zero-order valence-corrected chi connectivity index (χ0v) is 18.0. The van der Waals surface area contributed by atoms with Crippen molar-refractivity contribution in [2.24, 2.45) is 4.99 Å². The third kappa shape index (κ3) is 7.85. The molecule has 2 N–H and O–H groups in total. The van der Waals surface area contributed by atoms with E-state index in [9.17, 15) is 17.2 Å². The molecule has 0 spiro atoms. The Morgan fingerprint density at radius 1 is 1.16 bits per heavy atom. The Morgan fingerprint density at radius 3 is 2.32 bits per heavy atom. The number of aliphatic imine (C=N–C) groups is 1. The number of nitrogens with zero attached hydrogens (tertiary/aromatic N) is 1. The predicted octanol–water partition coefficient (Wildman–Crippen LogP) is 2.50. The van der Waals surface area contributed by atoms with Gasteiger partial charge in [-0.3, -0.25) is 4.99 Å². The van der Waals surface area contributed by atoms with Gasteiger partial charge in [-0.25, -0.2) is 17.2 Å². The highest BCUT2D eigenvalue weighted by atomic mass is 127. The highest BCUT2D eigenvalue weighted by Crippen LogP contribution is 2.15. The van der Waals surface area contributed by atoms with E-state index >= 15 is 0 Å². The van der Waals surface area contributed by atoms with E-state index in [1.54, 1.807) is 27.8 Å². The molecule has 144 valence electrons. The van der Waals surface area contributed by atoms with E-state index in [0.29, 0.717) is 12.5 Å². The van der Waals surface area contributed by atoms with Crippen molar-refractivity contribution in [2.45, 2.75) is 31.9 Å². The molecule has 1 rings (SSSR count). The van der Waals surface area contributed by atoms with Crippen LogP contribution < -0.4 is 10.6 Å². The molecule has 0 aliphatic heterocycles. The molecule has 0 saturated heterocycles. The van der Waals surface area contributed by atoms with E-state index < -0.39 is 26.2 Å². The van der Waals surface area contributed by atoms with Crippen molar-refractivity contribution >= 4 is 39.8 Å². The largest absolute Gasteiger partial charge is 0.356 e. The fourth-order valence-corrected chi connectivity index (χ4v) is 2.86. The van der Waals surface area contributed by atoms with Crippen molar-refractivity contribution in [3.05, 3.63) is 35.4 Å². The number of hydrogen-bond acceptors (Lipinski definition) is 3. The van der Waals surface area contributed by atoms with Crippen LogP contribution in [0.4, 0.5) is 8.78 Å². The van der Waals surface area contributed by atoms with Crippen molar-refractivity contribution in [3.8, 4) is 0 Å². The van der Waals surface area contributed by atoms with Crippen LogP contribution in [0.15, 0.2) is 23.2 Å². The van der Waals surface area contributed by atoms with Crippen molar-refractivity contribution < 1.29 is 17.2 Å². The maximum atomic E-state index is 13.5. The van der Waals surface area contributed by atoms with E-state index in [4.69, 9.17) is 0 Å². The van der Waals surface area contributed by atoms with Gasteiger partial charge in [0.2, 0.25) is 0 Å². The number of nitrogens with one attached hydrogen (secondary N) is 2. The Bertz CT molecular complexity index is 689. The summed E-state index contributed by atoms with van der Waals surface area (Å²) in [4.78, 5) is 3.97. The molecule has 5 nitrogen and oxygen atoms in total. The van der Waals surface area contributed by atoms with E-state index in [1.807, 2.05) is 0 Å². The van der Waals surface area contributed by atoms with Crippen molar-refractivity contribution in [2.75, 3.05) is 25.9 Å². The normalized spacial score (nSPS) is 12.5. The summed E-state index contributed by atoms with van der Waals surface area (Å²) in [5, 5.41) is 5.85. The summed E-state index contributed by atoms with van der Waals surface area (Å²) in [5.74, 6) is -0.551. The average molecular weight is 489 g/mol. The topological polar surface area (TPSA) is 70.6 Å². The minimum Gasteiger partial charge on any atom is -0.356 e. The summed E-state index contributed by atoms with van der Waals surface area (Å²) in [6.07, 6.45) is 0.282. The Hall–Kier alpha value is -0.970. The molecule has 25 heavy (non-hydrogen) atoms. The molecule has 0 aliphatic carbocycles. The predicted molar refractivity (Wildman–Crippen MR) is 108 cm³/mol. The van der Waals surface area contributed by atoms with Gasteiger partial charge in [0.25, 0.3) is 0 Å².